The number of rotatable bonds is 6. The van der Waals surface area contributed by atoms with Crippen molar-refractivity contribution in [1.82, 2.24) is 0 Å². The van der Waals surface area contributed by atoms with Crippen LogP contribution >= 0.6 is 0 Å². The molecule has 1 heterocycles. The molecule has 5 N–H and O–H groups in total. The summed E-state index contributed by atoms with van der Waals surface area (Å²) in [7, 11) is 0. The molecule has 138 valence electrons. The highest BCUT2D eigenvalue weighted by atomic mass is 35.5. The van der Waals surface area contributed by atoms with Crippen molar-refractivity contribution in [3.05, 3.63) is 71.8 Å². The number of benzene rings is 2. The number of aliphatic hydroxyl groups is 1. The molecule has 6 heteroatoms. The molecular weight excluding hydrogens is 359 g/mol. The number of hydrogen-bond acceptors (Lipinski definition) is 2. The quantitative estimate of drug-likeness (QED) is 0.464. The first kappa shape index (κ1) is 21.9. The maximum atomic E-state index is 9.86. The van der Waals surface area contributed by atoms with E-state index in [1.807, 2.05) is 24.3 Å². The summed E-state index contributed by atoms with van der Waals surface area (Å²) in [4.78, 5) is 0. The molecule has 1 fully saturated rings. The molecule has 0 amide bonds. The summed E-state index contributed by atoms with van der Waals surface area (Å²) in [6.45, 7) is 3.34. The lowest BCUT2D eigenvalue weighted by Gasteiger charge is -2.35. The predicted octanol–water partition coefficient (Wildman–Crippen LogP) is -6.18. The zero-order valence-corrected chi connectivity index (χ0v) is 15.7. The Morgan fingerprint density at radius 1 is 1.04 bits per heavy atom. The van der Waals surface area contributed by atoms with E-state index >= 15 is 0 Å². The molecule has 2 unspecified atom stereocenters. The number of nitrogens with two attached hydrogens (primary N) is 2. The van der Waals surface area contributed by atoms with Gasteiger partial charge in [0.1, 0.15) is 39.0 Å². The topological polar surface area (TPSA) is 62.7 Å². The fourth-order valence-electron chi connectivity index (χ4n) is 3.11. The highest BCUT2D eigenvalue weighted by Crippen LogP contribution is 2.19. The van der Waals surface area contributed by atoms with Gasteiger partial charge in [-0.1, -0.05) is 60.7 Å². The molecule has 1 saturated heterocycles. The first-order valence-corrected chi connectivity index (χ1v) is 8.29. The molecule has 0 bridgehead atoms. The monoisotopic (exact) mass is 384 g/mol. The van der Waals surface area contributed by atoms with Crippen molar-refractivity contribution in [3.8, 4) is 0 Å². The summed E-state index contributed by atoms with van der Waals surface area (Å²) < 4.78 is 6.06. The Morgan fingerprint density at radius 3 is 2.24 bits per heavy atom. The molecule has 1 aliphatic heterocycles. The van der Waals surface area contributed by atoms with Gasteiger partial charge >= 0.3 is 0 Å². The van der Waals surface area contributed by atoms with E-state index in [-0.39, 0.29) is 43.1 Å². The van der Waals surface area contributed by atoms with Crippen LogP contribution in [0.3, 0.4) is 0 Å². The lowest BCUT2D eigenvalue weighted by molar-refractivity contribution is -0.801. The number of quaternary nitrogens is 2. The molecule has 4 nitrogen and oxygen atoms in total. The van der Waals surface area contributed by atoms with E-state index in [0.717, 1.165) is 19.6 Å². The fraction of sp³-hybridized carbons (Fsp3) is 0.368. The van der Waals surface area contributed by atoms with Gasteiger partial charge < -0.3 is 45.3 Å². The van der Waals surface area contributed by atoms with Gasteiger partial charge in [-0.15, -0.1) is 0 Å². The molecule has 3 rings (SSSR count). The van der Waals surface area contributed by atoms with Crippen molar-refractivity contribution >= 4 is 0 Å². The van der Waals surface area contributed by atoms with E-state index in [0.29, 0.717) is 6.61 Å². The van der Waals surface area contributed by atoms with Gasteiger partial charge in [0.05, 0.1) is 0 Å². The lowest BCUT2D eigenvalue weighted by Crippen LogP contribution is -3.08. The third-order valence-electron chi connectivity index (χ3n) is 4.60. The van der Waals surface area contributed by atoms with Crippen LogP contribution in [0.5, 0.6) is 0 Å². The van der Waals surface area contributed by atoms with Crippen molar-refractivity contribution in [3.63, 3.8) is 0 Å². The Bertz CT molecular complexity index is 585. The van der Waals surface area contributed by atoms with Gasteiger partial charge in [-0.2, -0.15) is 0 Å². The summed E-state index contributed by atoms with van der Waals surface area (Å²) >= 11 is 0. The highest BCUT2D eigenvalue weighted by molar-refractivity contribution is 5.18. The minimum atomic E-state index is -0.236. The Hall–Kier alpha value is -1.14. The largest absolute Gasteiger partial charge is 1.00 e. The van der Waals surface area contributed by atoms with Crippen LogP contribution < -0.4 is 35.4 Å². The Labute approximate surface area is 161 Å². The van der Waals surface area contributed by atoms with Crippen LogP contribution in [0.2, 0.25) is 0 Å². The van der Waals surface area contributed by atoms with Crippen LogP contribution in [0.1, 0.15) is 17.2 Å². The Balaban J connectivity index is 0.00000156. The molecule has 1 aliphatic rings. The first-order chi connectivity index (χ1) is 11.3. The number of ether oxygens (including phenoxy) is 1. The minimum absolute atomic E-state index is 0. The van der Waals surface area contributed by atoms with Crippen molar-refractivity contribution in [1.29, 1.82) is 0 Å². The molecular formula is C19H26Cl2N2O2. The average molecular weight is 385 g/mol. The van der Waals surface area contributed by atoms with Crippen LogP contribution in [0.15, 0.2) is 60.7 Å². The maximum absolute atomic E-state index is 9.86. The SMILES string of the molecule is OCC1(C[NH2+]Cc2ccccc2)COC(c2ccccc2)C[NH2+]1.[Cl-].[Cl-]. The molecule has 0 aliphatic carbocycles. The second kappa shape index (κ2) is 10.8. The van der Waals surface area contributed by atoms with Gasteiger partial charge in [0.25, 0.3) is 0 Å². The molecule has 0 saturated carbocycles. The third-order valence-corrected chi connectivity index (χ3v) is 4.60. The molecule has 0 spiro atoms. The van der Waals surface area contributed by atoms with E-state index in [1.54, 1.807) is 0 Å². The second-order valence-electron chi connectivity index (χ2n) is 6.35. The van der Waals surface area contributed by atoms with E-state index in [9.17, 15) is 5.11 Å². The summed E-state index contributed by atoms with van der Waals surface area (Å²) in [5.74, 6) is 0. The van der Waals surface area contributed by atoms with Gasteiger partial charge in [0.15, 0.2) is 5.54 Å². The van der Waals surface area contributed by atoms with Crippen LogP contribution in [0.4, 0.5) is 0 Å². The molecule has 2 aromatic rings. The van der Waals surface area contributed by atoms with Gasteiger partial charge in [-0.3, -0.25) is 0 Å². The summed E-state index contributed by atoms with van der Waals surface area (Å²) in [5.41, 5.74) is 2.28. The number of aliphatic hydroxyl groups excluding tert-OH is 1. The van der Waals surface area contributed by atoms with Crippen LogP contribution in [-0.2, 0) is 11.3 Å². The van der Waals surface area contributed by atoms with Crippen LogP contribution in [0.25, 0.3) is 0 Å². The molecule has 0 radical (unpaired) electrons. The predicted molar refractivity (Wildman–Crippen MR) is 88.7 cm³/mol. The molecule has 25 heavy (non-hydrogen) atoms. The number of morpholine rings is 1. The maximum Gasteiger partial charge on any atom is 0.192 e. The van der Waals surface area contributed by atoms with Gasteiger partial charge in [-0.05, 0) is 5.56 Å². The second-order valence-corrected chi connectivity index (χ2v) is 6.35. The van der Waals surface area contributed by atoms with Crippen molar-refractivity contribution < 1.29 is 45.3 Å². The zero-order valence-electron chi connectivity index (χ0n) is 14.2. The average Bonchev–Trinajstić information content (AvgIpc) is 2.64. The van der Waals surface area contributed by atoms with Crippen molar-refractivity contribution in [2.75, 3.05) is 26.3 Å². The standard InChI is InChI=1S/C19H24N2O2.2ClH/c22-14-19(13-20-11-16-7-3-1-4-8-16)15-23-18(12-21-19)17-9-5-2-6-10-17;;/h1-10,18,20-22H,11-15H2;2*1H. The number of halogens is 2. The Morgan fingerprint density at radius 2 is 1.68 bits per heavy atom. The molecule has 2 atom stereocenters. The fourth-order valence-corrected chi connectivity index (χ4v) is 3.11. The van der Waals surface area contributed by atoms with E-state index < -0.39 is 0 Å². The van der Waals surface area contributed by atoms with Gasteiger partial charge in [0, 0.05) is 5.56 Å². The summed E-state index contributed by atoms with van der Waals surface area (Å²) in [5, 5.41) is 14.4. The third kappa shape index (κ3) is 5.96. The zero-order chi connectivity index (χ0) is 16.0. The number of hydrogen-bond donors (Lipinski definition) is 3. The van der Waals surface area contributed by atoms with Crippen molar-refractivity contribution in [2.24, 2.45) is 0 Å². The lowest BCUT2D eigenvalue weighted by atomic mass is 9.97. The molecule has 2 aromatic carbocycles. The van der Waals surface area contributed by atoms with E-state index in [1.165, 1.54) is 11.1 Å². The van der Waals surface area contributed by atoms with Gasteiger partial charge in [-0.25, -0.2) is 0 Å². The minimum Gasteiger partial charge on any atom is -1.00 e. The summed E-state index contributed by atoms with van der Waals surface area (Å²) in [6.07, 6.45) is 0.116. The smallest absolute Gasteiger partial charge is 0.192 e. The van der Waals surface area contributed by atoms with E-state index in [4.69, 9.17) is 4.74 Å². The van der Waals surface area contributed by atoms with E-state index in [2.05, 4.69) is 47.0 Å². The Kier molecular flexibility index (Phi) is 9.43. The van der Waals surface area contributed by atoms with Crippen LogP contribution in [-0.4, -0.2) is 36.9 Å². The van der Waals surface area contributed by atoms with Crippen molar-refractivity contribution in [2.45, 2.75) is 18.2 Å². The normalized spacial score (nSPS) is 22.5. The van der Waals surface area contributed by atoms with Gasteiger partial charge in [0.2, 0.25) is 0 Å². The highest BCUT2D eigenvalue weighted by Gasteiger charge is 2.41. The summed E-state index contributed by atoms with van der Waals surface area (Å²) in [6, 6.07) is 20.7. The molecule has 0 aromatic heterocycles. The first-order valence-electron chi connectivity index (χ1n) is 8.29. The van der Waals surface area contributed by atoms with Crippen LogP contribution in [0, 0.1) is 0 Å².